The van der Waals surface area contributed by atoms with Gasteiger partial charge in [0.1, 0.15) is 5.75 Å². The summed E-state index contributed by atoms with van der Waals surface area (Å²) >= 11 is 6.10. The van der Waals surface area contributed by atoms with Crippen LogP contribution in [0.15, 0.2) is 71.9 Å². The van der Waals surface area contributed by atoms with E-state index in [0.717, 1.165) is 35.5 Å². The molecule has 0 spiro atoms. The number of aromatic nitrogens is 1. The van der Waals surface area contributed by atoms with Crippen molar-refractivity contribution in [3.8, 4) is 5.75 Å². The van der Waals surface area contributed by atoms with E-state index in [2.05, 4.69) is 29.0 Å². The number of nitrogens with zero attached hydrogens (tertiary/aromatic N) is 2. The molecule has 4 heteroatoms. The molecule has 132 valence electrons. The number of rotatable bonds is 7. The average Bonchev–Trinajstić information content (AvgIpc) is 2.69. The Labute approximate surface area is 159 Å². The molecule has 0 saturated carbocycles. The van der Waals surface area contributed by atoms with Gasteiger partial charge in [0, 0.05) is 24.5 Å². The van der Waals surface area contributed by atoms with Crippen LogP contribution in [-0.2, 0) is 12.8 Å². The van der Waals surface area contributed by atoms with Crippen molar-refractivity contribution in [2.75, 3.05) is 6.61 Å². The molecule has 0 unspecified atom stereocenters. The first-order valence-electron chi connectivity index (χ1n) is 8.70. The molecule has 0 N–H and O–H groups in total. The molecule has 3 nitrogen and oxygen atoms in total. The van der Waals surface area contributed by atoms with Gasteiger partial charge in [0.15, 0.2) is 0 Å². The van der Waals surface area contributed by atoms with Crippen LogP contribution in [0.3, 0.4) is 0 Å². The average molecular weight is 365 g/mol. The molecule has 26 heavy (non-hydrogen) atoms. The minimum Gasteiger partial charge on any atom is -0.493 e. The van der Waals surface area contributed by atoms with E-state index in [1.165, 1.54) is 5.56 Å². The van der Waals surface area contributed by atoms with E-state index < -0.39 is 0 Å². The molecule has 0 amide bonds. The number of hydrogen-bond acceptors (Lipinski definition) is 3. The smallest absolute Gasteiger partial charge is 0.119 e. The monoisotopic (exact) mass is 364 g/mol. The Balaban J connectivity index is 1.52. The van der Waals surface area contributed by atoms with E-state index >= 15 is 0 Å². The van der Waals surface area contributed by atoms with Gasteiger partial charge in [0.05, 0.1) is 17.3 Å². The summed E-state index contributed by atoms with van der Waals surface area (Å²) in [4.78, 5) is 8.86. The molecule has 1 aromatic heterocycles. The van der Waals surface area contributed by atoms with Crippen molar-refractivity contribution in [3.63, 3.8) is 0 Å². The van der Waals surface area contributed by atoms with Crippen molar-refractivity contribution in [1.82, 2.24) is 4.98 Å². The molecule has 0 aliphatic heterocycles. The van der Waals surface area contributed by atoms with Gasteiger partial charge < -0.3 is 4.74 Å². The summed E-state index contributed by atoms with van der Waals surface area (Å²) in [7, 11) is 0. The topological polar surface area (TPSA) is 34.5 Å². The fourth-order valence-corrected chi connectivity index (χ4v) is 2.62. The standard InChI is InChI=1S/C22H21ClN2O/c1-2-17-7-10-19(24-15-17)13-14-26-20-11-8-18(9-12-20)16-25-22-6-4-3-5-21(22)23/h3-12,15-16H,2,13-14H2,1H3. The van der Waals surface area contributed by atoms with E-state index in [4.69, 9.17) is 16.3 Å². The zero-order valence-electron chi connectivity index (χ0n) is 14.7. The fourth-order valence-electron chi connectivity index (χ4n) is 2.44. The highest BCUT2D eigenvalue weighted by Crippen LogP contribution is 2.23. The van der Waals surface area contributed by atoms with Crippen LogP contribution in [0.4, 0.5) is 5.69 Å². The zero-order valence-corrected chi connectivity index (χ0v) is 15.5. The molecule has 0 aliphatic carbocycles. The summed E-state index contributed by atoms with van der Waals surface area (Å²) in [6.45, 7) is 2.73. The first-order chi connectivity index (χ1) is 12.7. The number of benzene rings is 2. The second-order valence-corrected chi connectivity index (χ2v) is 6.30. The van der Waals surface area contributed by atoms with Crippen molar-refractivity contribution in [2.45, 2.75) is 19.8 Å². The lowest BCUT2D eigenvalue weighted by Gasteiger charge is -2.06. The van der Waals surface area contributed by atoms with Gasteiger partial charge >= 0.3 is 0 Å². The molecular weight excluding hydrogens is 344 g/mol. The molecule has 0 saturated heterocycles. The van der Waals surface area contributed by atoms with Gasteiger partial charge in [-0.25, -0.2) is 0 Å². The maximum Gasteiger partial charge on any atom is 0.119 e. The highest BCUT2D eigenvalue weighted by Gasteiger charge is 1.99. The highest BCUT2D eigenvalue weighted by atomic mass is 35.5. The second-order valence-electron chi connectivity index (χ2n) is 5.89. The van der Waals surface area contributed by atoms with Crippen molar-refractivity contribution in [3.05, 3.63) is 88.7 Å². The normalized spacial score (nSPS) is 11.0. The van der Waals surface area contributed by atoms with Crippen molar-refractivity contribution >= 4 is 23.5 Å². The van der Waals surface area contributed by atoms with Crippen LogP contribution < -0.4 is 4.74 Å². The first-order valence-corrected chi connectivity index (χ1v) is 9.07. The number of aryl methyl sites for hydroxylation is 1. The van der Waals surface area contributed by atoms with Crippen LogP contribution >= 0.6 is 11.6 Å². The number of para-hydroxylation sites is 1. The summed E-state index contributed by atoms with van der Waals surface area (Å²) < 4.78 is 5.80. The molecule has 3 rings (SSSR count). The van der Waals surface area contributed by atoms with Crippen LogP contribution in [0.2, 0.25) is 5.02 Å². The van der Waals surface area contributed by atoms with E-state index in [-0.39, 0.29) is 0 Å². The third kappa shape index (κ3) is 5.17. The Morgan fingerprint density at radius 2 is 1.85 bits per heavy atom. The largest absolute Gasteiger partial charge is 0.493 e. The Morgan fingerprint density at radius 3 is 2.54 bits per heavy atom. The van der Waals surface area contributed by atoms with Gasteiger partial charge in [-0.2, -0.15) is 0 Å². The molecule has 2 aromatic carbocycles. The Morgan fingerprint density at radius 1 is 1.04 bits per heavy atom. The predicted octanol–water partition coefficient (Wildman–Crippen LogP) is 5.67. The molecule has 0 atom stereocenters. The fraction of sp³-hybridized carbons (Fsp3) is 0.182. The second kappa shape index (κ2) is 9.16. The van der Waals surface area contributed by atoms with E-state index in [1.807, 2.05) is 54.7 Å². The van der Waals surface area contributed by atoms with Crippen LogP contribution in [0.5, 0.6) is 5.75 Å². The highest BCUT2D eigenvalue weighted by molar-refractivity contribution is 6.33. The lowest BCUT2D eigenvalue weighted by Crippen LogP contribution is -2.03. The SMILES string of the molecule is CCc1ccc(CCOc2ccc(C=Nc3ccccc3Cl)cc2)nc1. The van der Waals surface area contributed by atoms with E-state index in [9.17, 15) is 0 Å². The Bertz CT molecular complexity index is 858. The lowest BCUT2D eigenvalue weighted by molar-refractivity contribution is 0.320. The predicted molar refractivity (Wildman–Crippen MR) is 108 cm³/mol. The number of pyridine rings is 1. The van der Waals surface area contributed by atoms with Crippen LogP contribution in [0.25, 0.3) is 0 Å². The molecule has 1 heterocycles. The van der Waals surface area contributed by atoms with Crippen molar-refractivity contribution in [2.24, 2.45) is 4.99 Å². The van der Waals surface area contributed by atoms with Gasteiger partial charge in [-0.1, -0.05) is 36.7 Å². The van der Waals surface area contributed by atoms with Gasteiger partial charge in [-0.15, -0.1) is 0 Å². The quantitative estimate of drug-likeness (QED) is 0.506. The lowest BCUT2D eigenvalue weighted by atomic mass is 10.2. The minimum atomic E-state index is 0.603. The maximum absolute atomic E-state index is 6.10. The van der Waals surface area contributed by atoms with Gasteiger partial charge in [0.25, 0.3) is 0 Å². The molecule has 0 aliphatic rings. The van der Waals surface area contributed by atoms with Gasteiger partial charge in [-0.05, 0) is 60.0 Å². The molecule has 0 fully saturated rings. The molecule has 0 radical (unpaired) electrons. The van der Waals surface area contributed by atoms with Crippen LogP contribution in [0.1, 0.15) is 23.7 Å². The number of ether oxygens (including phenoxy) is 1. The van der Waals surface area contributed by atoms with Gasteiger partial charge in [-0.3, -0.25) is 9.98 Å². The molecular formula is C22H21ClN2O. The van der Waals surface area contributed by atoms with Crippen molar-refractivity contribution < 1.29 is 4.74 Å². The Hall–Kier alpha value is -2.65. The number of hydrogen-bond donors (Lipinski definition) is 0. The number of aliphatic imine (C=N–C) groups is 1. The Kier molecular flexibility index (Phi) is 6.39. The van der Waals surface area contributed by atoms with E-state index in [0.29, 0.717) is 11.6 Å². The van der Waals surface area contributed by atoms with E-state index in [1.54, 1.807) is 6.21 Å². The third-order valence-electron chi connectivity index (χ3n) is 4.01. The van der Waals surface area contributed by atoms with Crippen LogP contribution in [0, 0.1) is 0 Å². The summed E-state index contributed by atoms with van der Waals surface area (Å²) in [5.74, 6) is 0.838. The molecule has 0 bridgehead atoms. The molecule has 3 aromatic rings. The minimum absolute atomic E-state index is 0.603. The summed E-state index contributed by atoms with van der Waals surface area (Å²) in [5, 5.41) is 0.643. The first kappa shape index (κ1) is 18.2. The zero-order chi connectivity index (χ0) is 18.2. The third-order valence-corrected chi connectivity index (χ3v) is 4.33. The summed E-state index contributed by atoms with van der Waals surface area (Å²) in [6.07, 6.45) is 5.53. The maximum atomic E-state index is 6.10. The van der Waals surface area contributed by atoms with Crippen molar-refractivity contribution in [1.29, 1.82) is 0 Å². The van der Waals surface area contributed by atoms with Crippen LogP contribution in [-0.4, -0.2) is 17.8 Å². The summed E-state index contributed by atoms with van der Waals surface area (Å²) in [5.41, 5.74) is 4.06. The summed E-state index contributed by atoms with van der Waals surface area (Å²) in [6, 6.07) is 19.6. The van der Waals surface area contributed by atoms with Gasteiger partial charge in [0.2, 0.25) is 0 Å². The number of halogens is 1.